The van der Waals surface area contributed by atoms with Crippen molar-refractivity contribution in [3.63, 3.8) is 0 Å². The van der Waals surface area contributed by atoms with Crippen LogP contribution < -0.4 is 9.80 Å². The zero-order valence-electron chi connectivity index (χ0n) is 30.2. The van der Waals surface area contributed by atoms with E-state index in [0.717, 1.165) is 34.1 Å². The van der Waals surface area contributed by atoms with E-state index < -0.39 is 0 Å². The van der Waals surface area contributed by atoms with E-state index in [4.69, 9.17) is 0 Å². The maximum atomic E-state index is 2.45. The van der Waals surface area contributed by atoms with Gasteiger partial charge in [-0.05, 0) is 110 Å². The van der Waals surface area contributed by atoms with Gasteiger partial charge in [0.2, 0.25) is 0 Å². The summed E-state index contributed by atoms with van der Waals surface area (Å²) in [6, 6.07) is 66.5. The molecular formula is C50H42N2. The van der Waals surface area contributed by atoms with Crippen molar-refractivity contribution in [3.05, 3.63) is 193 Å². The first-order valence-electron chi connectivity index (χ1n) is 18.3. The number of benzene rings is 8. The fourth-order valence-corrected chi connectivity index (χ4v) is 8.38. The van der Waals surface area contributed by atoms with E-state index in [1.807, 2.05) is 0 Å². The van der Waals surface area contributed by atoms with Crippen molar-refractivity contribution in [1.82, 2.24) is 0 Å². The maximum absolute atomic E-state index is 2.45. The fraction of sp³-hybridized carbons (Fsp3) is 0.120. The molecular weight excluding hydrogens is 629 g/mol. The highest BCUT2D eigenvalue weighted by atomic mass is 15.2. The fourth-order valence-electron chi connectivity index (χ4n) is 8.38. The molecule has 0 amide bonds. The van der Waals surface area contributed by atoms with Gasteiger partial charge in [-0.1, -0.05) is 149 Å². The van der Waals surface area contributed by atoms with Crippen molar-refractivity contribution in [2.24, 2.45) is 0 Å². The van der Waals surface area contributed by atoms with Crippen LogP contribution in [0.15, 0.2) is 182 Å². The Morgan fingerprint density at radius 3 is 1.54 bits per heavy atom. The van der Waals surface area contributed by atoms with Gasteiger partial charge in [0.05, 0.1) is 5.69 Å². The molecule has 0 bridgehead atoms. The summed E-state index contributed by atoms with van der Waals surface area (Å²) in [5.41, 5.74) is 12.0. The van der Waals surface area contributed by atoms with Crippen LogP contribution in [0.25, 0.3) is 32.7 Å². The molecule has 0 saturated heterocycles. The van der Waals surface area contributed by atoms with Crippen molar-refractivity contribution in [2.45, 2.75) is 38.5 Å². The summed E-state index contributed by atoms with van der Waals surface area (Å²) >= 11 is 0. The number of anilines is 6. The van der Waals surface area contributed by atoms with E-state index in [0.29, 0.717) is 0 Å². The lowest BCUT2D eigenvalue weighted by Crippen LogP contribution is -2.43. The summed E-state index contributed by atoms with van der Waals surface area (Å²) < 4.78 is 0. The highest BCUT2D eigenvalue weighted by Gasteiger charge is 2.46. The monoisotopic (exact) mass is 670 g/mol. The van der Waals surface area contributed by atoms with Gasteiger partial charge < -0.3 is 9.80 Å². The molecule has 8 aromatic rings. The van der Waals surface area contributed by atoms with Gasteiger partial charge in [-0.15, -0.1) is 0 Å². The molecule has 1 aliphatic carbocycles. The molecule has 0 radical (unpaired) electrons. The molecule has 1 aliphatic rings. The minimum atomic E-state index is -0.111. The lowest BCUT2D eigenvalue weighted by Gasteiger charge is -2.48. The average molecular weight is 671 g/mol. The first kappa shape index (κ1) is 31.8. The summed E-state index contributed by atoms with van der Waals surface area (Å²) in [7, 11) is 0. The Morgan fingerprint density at radius 1 is 0.346 bits per heavy atom. The Balaban J connectivity index is 1.34. The topological polar surface area (TPSA) is 6.48 Å². The van der Waals surface area contributed by atoms with Gasteiger partial charge in [0.15, 0.2) is 0 Å². The number of nitrogens with zero attached hydrogens (tertiary/aromatic N) is 2. The van der Waals surface area contributed by atoms with E-state index >= 15 is 0 Å². The number of para-hydroxylation sites is 3. The van der Waals surface area contributed by atoms with E-state index in [1.54, 1.807) is 0 Å². The second kappa shape index (κ2) is 12.3. The number of fused-ring (bicyclic) bond motifs is 6. The molecule has 52 heavy (non-hydrogen) atoms. The Kier molecular flexibility index (Phi) is 7.52. The van der Waals surface area contributed by atoms with Crippen molar-refractivity contribution in [2.75, 3.05) is 9.80 Å². The Bertz CT molecular complexity index is 2530. The number of hydrogen-bond donors (Lipinski definition) is 0. The zero-order valence-corrected chi connectivity index (χ0v) is 30.2. The summed E-state index contributed by atoms with van der Waals surface area (Å²) in [6.07, 6.45) is 0. The first-order chi connectivity index (χ1) is 25.3. The normalized spacial score (nSPS) is 14.1. The third kappa shape index (κ3) is 5.01. The molecule has 0 aromatic heterocycles. The van der Waals surface area contributed by atoms with Crippen molar-refractivity contribution in [1.29, 1.82) is 0 Å². The van der Waals surface area contributed by atoms with Gasteiger partial charge in [-0.3, -0.25) is 0 Å². The summed E-state index contributed by atoms with van der Waals surface area (Å²) in [5, 5.41) is 4.88. The summed E-state index contributed by atoms with van der Waals surface area (Å²) in [6.45, 7) is 9.63. The molecule has 2 nitrogen and oxygen atoms in total. The lowest BCUT2D eigenvalue weighted by atomic mass is 9.55. The van der Waals surface area contributed by atoms with Gasteiger partial charge >= 0.3 is 0 Å². The first-order valence-corrected chi connectivity index (χ1v) is 18.3. The van der Waals surface area contributed by atoms with Crippen LogP contribution >= 0.6 is 0 Å². The average Bonchev–Trinajstić information content (AvgIpc) is 3.18. The molecule has 2 heteroatoms. The molecule has 0 N–H and O–H groups in total. The Morgan fingerprint density at radius 2 is 0.865 bits per heavy atom. The Hall–Kier alpha value is -6.12. The lowest BCUT2D eigenvalue weighted by molar-refractivity contribution is 0.299. The van der Waals surface area contributed by atoms with E-state index in [2.05, 4.69) is 219 Å². The van der Waals surface area contributed by atoms with E-state index in [-0.39, 0.29) is 10.8 Å². The highest BCUT2D eigenvalue weighted by molar-refractivity contribution is 6.16. The van der Waals surface area contributed by atoms with E-state index in [1.165, 1.54) is 43.8 Å². The molecule has 0 spiro atoms. The smallest absolute Gasteiger partial charge is 0.0567 e. The van der Waals surface area contributed by atoms with Crippen LogP contribution in [0, 0.1) is 0 Å². The molecule has 0 saturated carbocycles. The minimum absolute atomic E-state index is 0.0597. The van der Waals surface area contributed by atoms with Gasteiger partial charge in [-0.25, -0.2) is 0 Å². The van der Waals surface area contributed by atoms with Crippen LogP contribution in [0.3, 0.4) is 0 Å². The van der Waals surface area contributed by atoms with Crippen molar-refractivity contribution in [3.8, 4) is 11.1 Å². The standard InChI is InChI=1S/C50H42N2/c1-49(2)45-27-17-16-26-43(45)44-31-30-40(33-46(44)50(49,3)4)51(37-19-8-5-9-20-37)41-32-36-29-28-35-18-14-15-25-42(35)48(36)47(34-41)52(38-21-10-6-11-22-38)39-23-12-7-13-24-39/h5-34H,1-4H3. The molecule has 252 valence electrons. The van der Waals surface area contributed by atoms with Gasteiger partial charge in [0, 0.05) is 33.8 Å². The molecule has 0 heterocycles. The molecule has 0 unspecified atom stereocenters. The third-order valence-corrected chi connectivity index (χ3v) is 11.7. The number of hydrogen-bond acceptors (Lipinski definition) is 2. The second-order valence-electron chi connectivity index (χ2n) is 15.1. The Labute approximate surface area is 307 Å². The SMILES string of the molecule is CC1(C)c2ccccc2-c2ccc(N(c3ccccc3)c3cc(N(c4ccccc4)c4ccccc4)c4c(ccc5ccccc54)c3)cc2C1(C)C. The van der Waals surface area contributed by atoms with Crippen LogP contribution in [0.5, 0.6) is 0 Å². The molecule has 0 fully saturated rings. The molecule has 0 atom stereocenters. The van der Waals surface area contributed by atoms with Crippen LogP contribution in [0.4, 0.5) is 34.1 Å². The largest absolute Gasteiger partial charge is 0.310 e. The minimum Gasteiger partial charge on any atom is -0.310 e. The predicted molar refractivity (Wildman–Crippen MR) is 222 cm³/mol. The molecule has 0 aliphatic heterocycles. The summed E-state index contributed by atoms with van der Waals surface area (Å²) in [5.74, 6) is 0. The summed E-state index contributed by atoms with van der Waals surface area (Å²) in [4.78, 5) is 4.85. The van der Waals surface area contributed by atoms with Gasteiger partial charge in [0.25, 0.3) is 0 Å². The van der Waals surface area contributed by atoms with Gasteiger partial charge in [0.1, 0.15) is 0 Å². The van der Waals surface area contributed by atoms with Gasteiger partial charge in [-0.2, -0.15) is 0 Å². The zero-order chi connectivity index (χ0) is 35.5. The van der Waals surface area contributed by atoms with Crippen molar-refractivity contribution < 1.29 is 0 Å². The quantitative estimate of drug-likeness (QED) is 0.162. The maximum Gasteiger partial charge on any atom is 0.0567 e. The van der Waals surface area contributed by atoms with Crippen LogP contribution in [-0.2, 0) is 10.8 Å². The molecule has 8 aromatic carbocycles. The predicted octanol–water partition coefficient (Wildman–Crippen LogP) is 14.2. The van der Waals surface area contributed by atoms with Crippen LogP contribution in [0.1, 0.15) is 38.8 Å². The van der Waals surface area contributed by atoms with Crippen LogP contribution in [-0.4, -0.2) is 0 Å². The molecule has 9 rings (SSSR count). The third-order valence-electron chi connectivity index (χ3n) is 11.7. The van der Waals surface area contributed by atoms with Crippen LogP contribution in [0.2, 0.25) is 0 Å². The second-order valence-corrected chi connectivity index (χ2v) is 15.1. The number of rotatable bonds is 6. The highest BCUT2D eigenvalue weighted by Crippen LogP contribution is 2.55. The van der Waals surface area contributed by atoms with E-state index in [9.17, 15) is 0 Å². The van der Waals surface area contributed by atoms with Crippen molar-refractivity contribution >= 4 is 55.7 Å².